The second-order valence-corrected chi connectivity index (χ2v) is 6.02. The van der Waals surface area contributed by atoms with Crippen molar-refractivity contribution in [3.05, 3.63) is 38.0 Å². The highest BCUT2D eigenvalue weighted by Crippen LogP contribution is 2.17. The van der Waals surface area contributed by atoms with Gasteiger partial charge in [-0.25, -0.2) is 4.98 Å². The second kappa shape index (κ2) is 5.73. The summed E-state index contributed by atoms with van der Waals surface area (Å²) in [7, 11) is 0. The van der Waals surface area contributed by atoms with Crippen molar-refractivity contribution < 1.29 is 5.11 Å². The van der Waals surface area contributed by atoms with Crippen molar-refractivity contribution in [3.8, 4) is 0 Å². The van der Waals surface area contributed by atoms with Crippen LogP contribution in [0.1, 0.15) is 27.2 Å². The Morgan fingerprint density at radius 2 is 2.29 bits per heavy atom. The van der Waals surface area contributed by atoms with Crippen molar-refractivity contribution >= 4 is 22.7 Å². The Labute approximate surface area is 109 Å². The number of aliphatic hydroxyl groups is 1. The van der Waals surface area contributed by atoms with Crippen LogP contribution in [-0.4, -0.2) is 16.6 Å². The maximum Gasteiger partial charge on any atom is 0.107 e. The molecular weight excluding hydrogens is 252 g/mol. The molecule has 0 radical (unpaired) electrons. The van der Waals surface area contributed by atoms with Gasteiger partial charge >= 0.3 is 0 Å². The minimum absolute atomic E-state index is 0.427. The molecular formula is C12H16N2OS2. The Kier molecular flexibility index (Phi) is 4.28. The number of aliphatic hydroxyl groups excluding tert-OH is 1. The second-order valence-electron chi connectivity index (χ2n) is 3.95. The topological polar surface area (TPSA) is 45.2 Å². The molecule has 2 heterocycles. The van der Waals surface area contributed by atoms with Crippen molar-refractivity contribution in [2.24, 2.45) is 0 Å². The maximum atomic E-state index is 9.87. The van der Waals surface area contributed by atoms with E-state index in [0.29, 0.717) is 6.54 Å². The molecule has 0 saturated heterocycles. The van der Waals surface area contributed by atoms with E-state index < -0.39 is 6.10 Å². The number of hydrogen-bond donors (Lipinski definition) is 2. The highest BCUT2D eigenvalue weighted by Gasteiger charge is 2.08. The van der Waals surface area contributed by atoms with Gasteiger partial charge in [-0.1, -0.05) is 0 Å². The number of thiazole rings is 1. The Morgan fingerprint density at radius 1 is 1.47 bits per heavy atom. The lowest BCUT2D eigenvalue weighted by atomic mass is 10.2. The zero-order valence-electron chi connectivity index (χ0n) is 9.93. The Balaban J connectivity index is 1.80. The molecule has 17 heavy (non-hydrogen) atoms. The first kappa shape index (κ1) is 12.7. The SMILES string of the molecule is Cc1nc(CNCC(O)c2ccsc2)sc1C. The van der Waals surface area contributed by atoms with E-state index in [1.807, 2.05) is 23.8 Å². The lowest BCUT2D eigenvalue weighted by molar-refractivity contribution is 0.175. The summed E-state index contributed by atoms with van der Waals surface area (Å²) < 4.78 is 0. The molecule has 0 bridgehead atoms. The summed E-state index contributed by atoms with van der Waals surface area (Å²) in [5, 5.41) is 18.1. The molecule has 2 aromatic rings. The molecule has 2 aromatic heterocycles. The van der Waals surface area contributed by atoms with Crippen LogP contribution in [0.25, 0.3) is 0 Å². The highest BCUT2D eigenvalue weighted by molar-refractivity contribution is 7.11. The van der Waals surface area contributed by atoms with Gasteiger partial charge < -0.3 is 10.4 Å². The molecule has 0 fully saturated rings. The van der Waals surface area contributed by atoms with Crippen LogP contribution in [0.3, 0.4) is 0 Å². The molecule has 3 nitrogen and oxygen atoms in total. The van der Waals surface area contributed by atoms with Crippen LogP contribution in [-0.2, 0) is 6.54 Å². The number of thiophene rings is 1. The van der Waals surface area contributed by atoms with Gasteiger partial charge in [0, 0.05) is 18.0 Å². The standard InChI is InChI=1S/C12H16N2OS2/c1-8-9(2)17-12(14-8)6-13-5-11(15)10-3-4-16-7-10/h3-4,7,11,13,15H,5-6H2,1-2H3. The summed E-state index contributed by atoms with van der Waals surface area (Å²) in [6.07, 6.45) is -0.427. The maximum absolute atomic E-state index is 9.87. The molecule has 0 amide bonds. The van der Waals surface area contributed by atoms with Gasteiger partial charge in [-0.3, -0.25) is 0 Å². The van der Waals surface area contributed by atoms with E-state index in [9.17, 15) is 5.11 Å². The van der Waals surface area contributed by atoms with Gasteiger partial charge in [-0.2, -0.15) is 11.3 Å². The van der Waals surface area contributed by atoms with Gasteiger partial charge in [0.1, 0.15) is 5.01 Å². The third-order valence-corrected chi connectivity index (χ3v) is 4.39. The number of rotatable bonds is 5. The number of nitrogens with zero attached hydrogens (tertiary/aromatic N) is 1. The minimum atomic E-state index is -0.427. The van der Waals surface area contributed by atoms with Crippen LogP contribution in [0, 0.1) is 13.8 Å². The van der Waals surface area contributed by atoms with E-state index in [4.69, 9.17) is 0 Å². The summed E-state index contributed by atoms with van der Waals surface area (Å²) >= 11 is 3.32. The normalized spacial score (nSPS) is 12.9. The van der Waals surface area contributed by atoms with Gasteiger partial charge in [-0.15, -0.1) is 11.3 Å². The fraction of sp³-hybridized carbons (Fsp3) is 0.417. The molecule has 0 aliphatic rings. The van der Waals surface area contributed by atoms with E-state index in [1.165, 1.54) is 4.88 Å². The van der Waals surface area contributed by atoms with E-state index in [1.54, 1.807) is 22.7 Å². The molecule has 0 aliphatic carbocycles. The van der Waals surface area contributed by atoms with Gasteiger partial charge in [0.25, 0.3) is 0 Å². The van der Waals surface area contributed by atoms with Crippen LogP contribution in [0.2, 0.25) is 0 Å². The van der Waals surface area contributed by atoms with Crippen LogP contribution in [0.5, 0.6) is 0 Å². The van der Waals surface area contributed by atoms with Crippen LogP contribution in [0.15, 0.2) is 16.8 Å². The molecule has 0 saturated carbocycles. The zero-order valence-corrected chi connectivity index (χ0v) is 11.6. The van der Waals surface area contributed by atoms with E-state index in [-0.39, 0.29) is 0 Å². The highest BCUT2D eigenvalue weighted by atomic mass is 32.1. The predicted octanol–water partition coefficient (Wildman–Crippen LogP) is 2.64. The van der Waals surface area contributed by atoms with Gasteiger partial charge in [0.15, 0.2) is 0 Å². The molecule has 1 unspecified atom stereocenters. The monoisotopic (exact) mass is 268 g/mol. The Hall–Kier alpha value is -0.750. The first-order valence-electron chi connectivity index (χ1n) is 5.50. The number of aromatic nitrogens is 1. The van der Waals surface area contributed by atoms with Crippen molar-refractivity contribution in [3.63, 3.8) is 0 Å². The molecule has 1 atom stereocenters. The molecule has 92 valence electrons. The lowest BCUT2D eigenvalue weighted by Crippen LogP contribution is -2.20. The van der Waals surface area contributed by atoms with Crippen LogP contribution in [0.4, 0.5) is 0 Å². The molecule has 2 N–H and O–H groups in total. The van der Waals surface area contributed by atoms with Crippen molar-refractivity contribution in [1.29, 1.82) is 0 Å². The van der Waals surface area contributed by atoms with Crippen LogP contribution < -0.4 is 5.32 Å². The third-order valence-electron chi connectivity index (χ3n) is 2.61. The summed E-state index contributed by atoms with van der Waals surface area (Å²) in [5.41, 5.74) is 2.08. The fourth-order valence-electron chi connectivity index (χ4n) is 1.51. The predicted molar refractivity (Wildman–Crippen MR) is 72.6 cm³/mol. The molecule has 0 aromatic carbocycles. The Morgan fingerprint density at radius 3 is 2.88 bits per heavy atom. The number of nitrogens with one attached hydrogen (secondary N) is 1. The van der Waals surface area contributed by atoms with E-state index >= 15 is 0 Å². The number of aryl methyl sites for hydroxylation is 2. The zero-order chi connectivity index (χ0) is 12.3. The first-order valence-corrected chi connectivity index (χ1v) is 7.26. The molecule has 5 heteroatoms. The van der Waals surface area contributed by atoms with E-state index in [2.05, 4.69) is 17.2 Å². The number of hydrogen-bond acceptors (Lipinski definition) is 5. The fourth-order valence-corrected chi connectivity index (χ4v) is 3.12. The van der Waals surface area contributed by atoms with Gasteiger partial charge in [0.05, 0.1) is 11.8 Å². The van der Waals surface area contributed by atoms with Crippen molar-refractivity contribution in [1.82, 2.24) is 10.3 Å². The minimum Gasteiger partial charge on any atom is -0.387 e. The lowest BCUT2D eigenvalue weighted by Gasteiger charge is -2.09. The van der Waals surface area contributed by atoms with Gasteiger partial charge in [0.2, 0.25) is 0 Å². The van der Waals surface area contributed by atoms with Crippen LogP contribution >= 0.6 is 22.7 Å². The molecule has 2 rings (SSSR count). The van der Waals surface area contributed by atoms with Gasteiger partial charge in [-0.05, 0) is 36.2 Å². The average Bonchev–Trinajstić information content (AvgIpc) is 2.90. The first-order chi connectivity index (χ1) is 8.16. The van der Waals surface area contributed by atoms with Crippen molar-refractivity contribution in [2.45, 2.75) is 26.5 Å². The average molecular weight is 268 g/mol. The summed E-state index contributed by atoms with van der Waals surface area (Å²) in [4.78, 5) is 5.71. The molecule has 0 spiro atoms. The van der Waals surface area contributed by atoms with E-state index in [0.717, 1.165) is 22.8 Å². The quantitative estimate of drug-likeness (QED) is 0.876. The molecule has 0 aliphatic heterocycles. The van der Waals surface area contributed by atoms with Crippen molar-refractivity contribution in [2.75, 3.05) is 6.54 Å². The summed E-state index contributed by atoms with van der Waals surface area (Å²) in [6, 6.07) is 1.95. The largest absolute Gasteiger partial charge is 0.387 e. The smallest absolute Gasteiger partial charge is 0.107 e. The summed E-state index contributed by atoms with van der Waals surface area (Å²) in [6.45, 7) is 5.39. The summed E-state index contributed by atoms with van der Waals surface area (Å²) in [5.74, 6) is 0. The third kappa shape index (κ3) is 3.35. The Bertz CT molecular complexity index is 445.